The van der Waals surface area contributed by atoms with Gasteiger partial charge in [-0.3, -0.25) is 0 Å². The number of benzene rings is 1. The third-order valence-electron chi connectivity index (χ3n) is 1.69. The van der Waals surface area contributed by atoms with Crippen LogP contribution in [0.3, 0.4) is 0 Å². The molecule has 0 saturated heterocycles. The first-order valence-electron chi connectivity index (χ1n) is 4.32. The van der Waals surface area contributed by atoms with Gasteiger partial charge in [-0.2, -0.15) is 13.9 Å². The topological polar surface area (TPSA) is 73.6 Å². The van der Waals surface area contributed by atoms with Crippen LogP contribution in [-0.2, 0) is 5.75 Å². The molecule has 1 aromatic rings. The summed E-state index contributed by atoms with van der Waals surface area (Å²) in [7, 11) is 0. The van der Waals surface area contributed by atoms with E-state index in [9.17, 15) is 8.78 Å². The average molecular weight is 247 g/mol. The monoisotopic (exact) mass is 247 g/mol. The van der Waals surface area contributed by atoms with Crippen molar-refractivity contribution in [3.63, 3.8) is 0 Å². The van der Waals surface area contributed by atoms with Gasteiger partial charge >= 0.3 is 6.61 Å². The van der Waals surface area contributed by atoms with Gasteiger partial charge in [-0.05, 0) is 6.07 Å². The number of thioether (sulfide) groups is 1. The van der Waals surface area contributed by atoms with E-state index in [2.05, 4.69) is 9.84 Å². The second-order valence-corrected chi connectivity index (χ2v) is 3.74. The molecular formula is C9H11F2N3OS. The number of para-hydroxylation sites is 1. The van der Waals surface area contributed by atoms with Gasteiger partial charge in [0.2, 0.25) is 0 Å². The van der Waals surface area contributed by atoms with Crippen molar-refractivity contribution in [3.8, 4) is 5.75 Å². The number of hydrazone groups is 1. The van der Waals surface area contributed by atoms with Crippen molar-refractivity contribution in [1.82, 2.24) is 0 Å². The van der Waals surface area contributed by atoms with Gasteiger partial charge in [0.25, 0.3) is 0 Å². The van der Waals surface area contributed by atoms with E-state index in [1.165, 1.54) is 6.07 Å². The smallest absolute Gasteiger partial charge is 0.387 e. The van der Waals surface area contributed by atoms with Crippen molar-refractivity contribution in [1.29, 1.82) is 0 Å². The van der Waals surface area contributed by atoms with E-state index in [-0.39, 0.29) is 10.9 Å². The summed E-state index contributed by atoms with van der Waals surface area (Å²) in [5, 5.41) is 3.45. The summed E-state index contributed by atoms with van der Waals surface area (Å²) in [6.07, 6.45) is 0. The summed E-state index contributed by atoms with van der Waals surface area (Å²) in [6, 6.07) is 6.49. The Morgan fingerprint density at radius 2 is 2.12 bits per heavy atom. The number of nitrogens with zero attached hydrogens (tertiary/aromatic N) is 1. The molecule has 0 radical (unpaired) electrons. The number of ether oxygens (including phenoxy) is 1. The molecule has 4 N–H and O–H groups in total. The highest BCUT2D eigenvalue weighted by molar-refractivity contribution is 8.13. The number of nitrogens with two attached hydrogens (primary N) is 2. The van der Waals surface area contributed by atoms with Crippen LogP contribution in [0.5, 0.6) is 5.75 Å². The zero-order valence-corrected chi connectivity index (χ0v) is 9.08. The molecule has 0 aliphatic rings. The lowest BCUT2D eigenvalue weighted by molar-refractivity contribution is -0.0503. The Kier molecular flexibility index (Phi) is 4.84. The first-order valence-corrected chi connectivity index (χ1v) is 5.31. The zero-order chi connectivity index (χ0) is 12.0. The van der Waals surface area contributed by atoms with Crippen LogP contribution in [0.1, 0.15) is 5.56 Å². The number of hydrogen-bond acceptors (Lipinski definition) is 4. The maximum Gasteiger partial charge on any atom is 0.387 e. The van der Waals surface area contributed by atoms with E-state index in [1.807, 2.05) is 0 Å². The largest absolute Gasteiger partial charge is 0.435 e. The Hall–Kier alpha value is -1.50. The van der Waals surface area contributed by atoms with Crippen molar-refractivity contribution in [2.24, 2.45) is 16.7 Å². The summed E-state index contributed by atoms with van der Waals surface area (Å²) >= 11 is 1.15. The van der Waals surface area contributed by atoms with Crippen LogP contribution >= 0.6 is 11.8 Å². The van der Waals surface area contributed by atoms with Crippen LogP contribution < -0.4 is 16.3 Å². The van der Waals surface area contributed by atoms with Crippen molar-refractivity contribution in [2.75, 3.05) is 0 Å². The summed E-state index contributed by atoms with van der Waals surface area (Å²) in [4.78, 5) is 0. The van der Waals surface area contributed by atoms with Crippen LogP contribution in [0, 0.1) is 0 Å². The standard InChI is InChI=1S/C9H11F2N3OS/c10-8(11)15-7-4-2-1-3-6(7)5-16-9(12)14-13/h1-4,8H,5,13H2,(H2,12,14). The van der Waals surface area contributed by atoms with Gasteiger partial charge in [0.15, 0.2) is 5.17 Å². The number of hydrogen-bond donors (Lipinski definition) is 2. The lowest BCUT2D eigenvalue weighted by Gasteiger charge is -2.09. The van der Waals surface area contributed by atoms with Gasteiger partial charge in [-0.25, -0.2) is 0 Å². The van der Waals surface area contributed by atoms with Gasteiger partial charge in [-0.1, -0.05) is 30.0 Å². The normalized spacial score (nSPS) is 11.8. The predicted molar refractivity (Wildman–Crippen MR) is 60.2 cm³/mol. The molecule has 0 aliphatic heterocycles. The molecule has 0 fully saturated rings. The van der Waals surface area contributed by atoms with Gasteiger partial charge < -0.3 is 16.3 Å². The maximum absolute atomic E-state index is 12.1. The van der Waals surface area contributed by atoms with Gasteiger partial charge in [0, 0.05) is 11.3 Å². The molecule has 16 heavy (non-hydrogen) atoms. The van der Waals surface area contributed by atoms with Gasteiger partial charge in [0.1, 0.15) is 5.75 Å². The third-order valence-corrected chi connectivity index (χ3v) is 2.55. The van der Waals surface area contributed by atoms with Crippen LogP contribution in [0.4, 0.5) is 8.78 Å². The molecule has 0 amide bonds. The zero-order valence-electron chi connectivity index (χ0n) is 8.27. The van der Waals surface area contributed by atoms with Crippen LogP contribution in [0.25, 0.3) is 0 Å². The fraction of sp³-hybridized carbons (Fsp3) is 0.222. The number of amidine groups is 1. The number of rotatable bonds is 4. The minimum atomic E-state index is -2.84. The molecule has 0 saturated carbocycles. The molecule has 0 atom stereocenters. The Labute approximate surface area is 95.6 Å². The van der Waals surface area contributed by atoms with Crippen molar-refractivity contribution < 1.29 is 13.5 Å². The summed E-state index contributed by atoms with van der Waals surface area (Å²) in [5.74, 6) is 5.45. The molecule has 4 nitrogen and oxygen atoms in total. The molecule has 0 aromatic heterocycles. The first kappa shape index (κ1) is 12.6. The molecule has 0 heterocycles. The molecule has 0 unspecified atom stereocenters. The fourth-order valence-corrected chi connectivity index (χ4v) is 1.64. The Morgan fingerprint density at radius 1 is 1.44 bits per heavy atom. The first-order chi connectivity index (χ1) is 7.63. The molecule has 0 aliphatic carbocycles. The number of halogens is 2. The second-order valence-electron chi connectivity index (χ2n) is 2.74. The van der Waals surface area contributed by atoms with E-state index in [0.29, 0.717) is 11.3 Å². The molecule has 0 bridgehead atoms. The fourth-order valence-electron chi connectivity index (χ4n) is 1.02. The molecule has 88 valence electrons. The lowest BCUT2D eigenvalue weighted by atomic mass is 10.2. The van der Waals surface area contributed by atoms with E-state index in [0.717, 1.165) is 11.8 Å². The molecule has 0 spiro atoms. The second kappa shape index (κ2) is 6.16. The highest BCUT2D eigenvalue weighted by Gasteiger charge is 2.09. The van der Waals surface area contributed by atoms with Crippen molar-refractivity contribution >= 4 is 16.9 Å². The highest BCUT2D eigenvalue weighted by Crippen LogP contribution is 2.24. The number of alkyl halides is 2. The molecule has 1 rings (SSSR count). The minimum Gasteiger partial charge on any atom is -0.435 e. The maximum atomic E-state index is 12.1. The van der Waals surface area contributed by atoms with Gasteiger partial charge in [-0.15, -0.1) is 0 Å². The molecule has 7 heteroatoms. The van der Waals surface area contributed by atoms with E-state index in [1.54, 1.807) is 18.2 Å². The Bertz CT molecular complexity index is 374. The highest BCUT2D eigenvalue weighted by atomic mass is 32.2. The lowest BCUT2D eigenvalue weighted by Crippen LogP contribution is -2.10. The molecule has 1 aromatic carbocycles. The Balaban J connectivity index is 2.71. The molecular weight excluding hydrogens is 236 g/mol. The van der Waals surface area contributed by atoms with E-state index >= 15 is 0 Å². The summed E-state index contributed by atoms with van der Waals surface area (Å²) < 4.78 is 28.5. The average Bonchev–Trinajstić information content (AvgIpc) is 2.26. The third kappa shape index (κ3) is 3.93. The van der Waals surface area contributed by atoms with E-state index in [4.69, 9.17) is 11.6 Å². The van der Waals surface area contributed by atoms with Crippen molar-refractivity contribution in [2.45, 2.75) is 12.4 Å². The Morgan fingerprint density at radius 3 is 2.75 bits per heavy atom. The van der Waals surface area contributed by atoms with Crippen LogP contribution in [-0.4, -0.2) is 11.8 Å². The van der Waals surface area contributed by atoms with Crippen molar-refractivity contribution in [3.05, 3.63) is 29.8 Å². The van der Waals surface area contributed by atoms with Crippen LogP contribution in [0.15, 0.2) is 29.4 Å². The van der Waals surface area contributed by atoms with E-state index < -0.39 is 6.61 Å². The minimum absolute atomic E-state index is 0.134. The SMILES string of the molecule is NN=C(N)SCc1ccccc1OC(F)F. The predicted octanol–water partition coefficient (Wildman–Crippen LogP) is 1.71. The summed E-state index contributed by atoms with van der Waals surface area (Å²) in [5.41, 5.74) is 5.98. The quantitative estimate of drug-likeness (QED) is 0.367. The summed E-state index contributed by atoms with van der Waals surface area (Å²) in [6.45, 7) is -2.84. The van der Waals surface area contributed by atoms with Gasteiger partial charge in [0.05, 0.1) is 0 Å². The van der Waals surface area contributed by atoms with Crippen LogP contribution in [0.2, 0.25) is 0 Å².